The normalized spacial score (nSPS) is 12.4. The van der Waals surface area contributed by atoms with E-state index in [2.05, 4.69) is 34.6 Å². The van der Waals surface area contributed by atoms with Crippen molar-refractivity contribution in [1.82, 2.24) is 0 Å². The molecule has 6 nitrogen and oxygen atoms in total. The summed E-state index contributed by atoms with van der Waals surface area (Å²) in [5.41, 5.74) is 0. The van der Waals surface area contributed by atoms with Crippen molar-refractivity contribution in [1.29, 1.82) is 0 Å². The lowest BCUT2D eigenvalue weighted by Crippen LogP contribution is -2.30. The standard InChI is InChI=1S/C63H122O6/c1-6-8-9-10-11-12-13-14-15-18-22-25-28-33-38-43-48-53-61(64)67-56-60(57-68-62(65)54-49-44-39-35-30-31-36-41-46-51-58(3)4)69-63(66)55-50-45-40-34-29-26-23-20-17-16-19-21-24-27-32-37-42-47-52-59(5)7-2/h58-60H,6-57H2,1-5H3/t59?,60-/m0/s1. The molecule has 2 atom stereocenters. The number of hydrogen-bond acceptors (Lipinski definition) is 6. The Hall–Kier alpha value is -1.59. The van der Waals surface area contributed by atoms with Gasteiger partial charge < -0.3 is 14.2 Å². The second-order valence-electron chi connectivity index (χ2n) is 22.4. The zero-order chi connectivity index (χ0) is 50.4. The molecule has 0 aromatic heterocycles. The third-order valence-corrected chi connectivity index (χ3v) is 14.8. The molecule has 0 N–H and O–H groups in total. The Morgan fingerprint density at radius 1 is 0.304 bits per heavy atom. The van der Waals surface area contributed by atoms with Crippen LogP contribution in [0, 0.1) is 11.8 Å². The molecule has 0 aliphatic carbocycles. The smallest absolute Gasteiger partial charge is 0.306 e. The maximum atomic E-state index is 12.9. The number of carbonyl (C=O) groups excluding carboxylic acids is 3. The lowest BCUT2D eigenvalue weighted by molar-refractivity contribution is -0.167. The number of ether oxygens (including phenoxy) is 3. The Morgan fingerprint density at radius 2 is 0.551 bits per heavy atom. The highest BCUT2D eigenvalue weighted by Gasteiger charge is 2.19. The zero-order valence-electron chi connectivity index (χ0n) is 47.5. The number of unbranched alkanes of at least 4 members (excludes halogenated alkanes) is 41. The van der Waals surface area contributed by atoms with E-state index in [1.54, 1.807) is 0 Å². The van der Waals surface area contributed by atoms with Gasteiger partial charge in [-0.25, -0.2) is 0 Å². The van der Waals surface area contributed by atoms with Gasteiger partial charge in [0.05, 0.1) is 0 Å². The maximum Gasteiger partial charge on any atom is 0.306 e. The molecule has 0 aliphatic heterocycles. The third kappa shape index (κ3) is 55.6. The van der Waals surface area contributed by atoms with E-state index in [-0.39, 0.29) is 31.1 Å². The average molecular weight is 976 g/mol. The first kappa shape index (κ1) is 67.4. The van der Waals surface area contributed by atoms with E-state index in [1.165, 1.54) is 244 Å². The van der Waals surface area contributed by atoms with Crippen molar-refractivity contribution >= 4 is 17.9 Å². The molecule has 6 heteroatoms. The molecule has 410 valence electrons. The van der Waals surface area contributed by atoms with Crippen LogP contribution in [-0.2, 0) is 28.6 Å². The molecule has 0 spiro atoms. The van der Waals surface area contributed by atoms with Crippen LogP contribution in [0.4, 0.5) is 0 Å². The quantitative estimate of drug-likeness (QED) is 0.0343. The van der Waals surface area contributed by atoms with E-state index >= 15 is 0 Å². The van der Waals surface area contributed by atoms with Crippen molar-refractivity contribution in [2.24, 2.45) is 11.8 Å². The minimum atomic E-state index is -0.763. The molecule has 0 heterocycles. The predicted octanol–water partition coefficient (Wildman–Crippen LogP) is 20.8. The fourth-order valence-corrected chi connectivity index (χ4v) is 9.73. The van der Waals surface area contributed by atoms with Crippen molar-refractivity contribution in [2.75, 3.05) is 13.2 Å². The SMILES string of the molecule is CCCCCCCCCCCCCCCCCCCC(=O)OC[C@@H](COC(=O)CCCCCCCCCCCC(C)C)OC(=O)CCCCCCCCCCCCCCCCCCCCC(C)CC. The summed E-state index contributed by atoms with van der Waals surface area (Å²) in [5.74, 6) is 0.882. The first-order chi connectivity index (χ1) is 33.8. The Kier molecular flexibility index (Phi) is 54.4. The highest BCUT2D eigenvalue weighted by Crippen LogP contribution is 2.19. The van der Waals surface area contributed by atoms with Crippen LogP contribution in [-0.4, -0.2) is 37.2 Å². The van der Waals surface area contributed by atoms with Gasteiger partial charge in [-0.1, -0.05) is 317 Å². The summed E-state index contributed by atoms with van der Waals surface area (Å²) in [7, 11) is 0. The molecule has 0 amide bonds. The lowest BCUT2D eigenvalue weighted by Gasteiger charge is -2.18. The van der Waals surface area contributed by atoms with Gasteiger partial charge >= 0.3 is 17.9 Å². The molecule has 0 fully saturated rings. The summed E-state index contributed by atoms with van der Waals surface area (Å²) in [4.78, 5) is 38.2. The van der Waals surface area contributed by atoms with Gasteiger partial charge in [0, 0.05) is 19.3 Å². The first-order valence-electron chi connectivity index (χ1n) is 31.3. The Morgan fingerprint density at radius 3 is 0.826 bits per heavy atom. The van der Waals surface area contributed by atoms with Gasteiger partial charge in [-0.15, -0.1) is 0 Å². The van der Waals surface area contributed by atoms with E-state index in [9.17, 15) is 14.4 Å². The summed E-state index contributed by atoms with van der Waals surface area (Å²) >= 11 is 0. The summed E-state index contributed by atoms with van der Waals surface area (Å²) in [6, 6.07) is 0. The van der Waals surface area contributed by atoms with Crippen LogP contribution in [0.3, 0.4) is 0 Å². The van der Waals surface area contributed by atoms with E-state index in [0.29, 0.717) is 19.3 Å². The second kappa shape index (κ2) is 55.7. The summed E-state index contributed by atoms with van der Waals surface area (Å²) in [5, 5.41) is 0. The summed E-state index contributed by atoms with van der Waals surface area (Å²) in [6.45, 7) is 11.5. The molecule has 0 saturated carbocycles. The number of hydrogen-bond donors (Lipinski definition) is 0. The van der Waals surface area contributed by atoms with E-state index in [4.69, 9.17) is 14.2 Å². The van der Waals surface area contributed by atoms with Crippen molar-refractivity contribution in [2.45, 2.75) is 362 Å². The molecular weight excluding hydrogens is 853 g/mol. The Labute approximate surface area is 431 Å². The van der Waals surface area contributed by atoms with Gasteiger partial charge in [0.25, 0.3) is 0 Å². The molecule has 0 aromatic rings. The predicted molar refractivity (Wildman–Crippen MR) is 298 cm³/mol. The van der Waals surface area contributed by atoms with Crippen molar-refractivity contribution in [3.05, 3.63) is 0 Å². The van der Waals surface area contributed by atoms with Gasteiger partial charge in [0.2, 0.25) is 0 Å². The maximum absolute atomic E-state index is 12.9. The minimum absolute atomic E-state index is 0.0624. The molecule has 0 saturated heterocycles. The fourth-order valence-electron chi connectivity index (χ4n) is 9.73. The lowest BCUT2D eigenvalue weighted by atomic mass is 9.99. The number of esters is 3. The Bertz CT molecular complexity index is 1060. The Balaban J connectivity index is 4.24. The van der Waals surface area contributed by atoms with E-state index < -0.39 is 6.10 Å². The van der Waals surface area contributed by atoms with Gasteiger partial charge in [-0.2, -0.15) is 0 Å². The van der Waals surface area contributed by atoms with Crippen molar-refractivity contribution in [3.8, 4) is 0 Å². The van der Waals surface area contributed by atoms with Crippen LogP contribution in [0.25, 0.3) is 0 Å². The summed E-state index contributed by atoms with van der Waals surface area (Å²) in [6.07, 6.45) is 61.0. The van der Waals surface area contributed by atoms with Gasteiger partial charge in [0.1, 0.15) is 13.2 Å². The van der Waals surface area contributed by atoms with Crippen molar-refractivity contribution < 1.29 is 28.6 Å². The summed E-state index contributed by atoms with van der Waals surface area (Å²) < 4.78 is 16.9. The van der Waals surface area contributed by atoms with Gasteiger partial charge in [-0.3, -0.25) is 14.4 Å². The zero-order valence-corrected chi connectivity index (χ0v) is 47.5. The van der Waals surface area contributed by atoms with Crippen LogP contribution < -0.4 is 0 Å². The van der Waals surface area contributed by atoms with Crippen LogP contribution in [0.15, 0.2) is 0 Å². The fraction of sp³-hybridized carbons (Fsp3) is 0.952. The second-order valence-corrected chi connectivity index (χ2v) is 22.4. The molecular formula is C63H122O6. The molecule has 0 aromatic carbocycles. The molecule has 0 aliphatic rings. The van der Waals surface area contributed by atoms with Gasteiger partial charge in [0.15, 0.2) is 6.10 Å². The number of carbonyl (C=O) groups is 3. The van der Waals surface area contributed by atoms with Crippen LogP contribution >= 0.6 is 0 Å². The number of rotatable bonds is 57. The van der Waals surface area contributed by atoms with Crippen LogP contribution in [0.2, 0.25) is 0 Å². The topological polar surface area (TPSA) is 78.9 Å². The minimum Gasteiger partial charge on any atom is -0.462 e. The van der Waals surface area contributed by atoms with E-state index in [0.717, 1.165) is 69.6 Å². The van der Waals surface area contributed by atoms with E-state index in [1.807, 2.05) is 0 Å². The molecule has 0 rings (SSSR count). The molecule has 1 unspecified atom stereocenters. The first-order valence-corrected chi connectivity index (χ1v) is 31.3. The highest BCUT2D eigenvalue weighted by molar-refractivity contribution is 5.71. The van der Waals surface area contributed by atoms with Crippen LogP contribution in [0.1, 0.15) is 356 Å². The molecule has 0 bridgehead atoms. The third-order valence-electron chi connectivity index (χ3n) is 14.8. The van der Waals surface area contributed by atoms with Gasteiger partial charge in [-0.05, 0) is 31.1 Å². The molecule has 0 radical (unpaired) electrons. The average Bonchev–Trinajstić information content (AvgIpc) is 3.34. The van der Waals surface area contributed by atoms with Crippen LogP contribution in [0.5, 0.6) is 0 Å². The molecule has 69 heavy (non-hydrogen) atoms. The highest BCUT2D eigenvalue weighted by atomic mass is 16.6. The largest absolute Gasteiger partial charge is 0.462 e. The monoisotopic (exact) mass is 975 g/mol. The van der Waals surface area contributed by atoms with Crippen molar-refractivity contribution in [3.63, 3.8) is 0 Å².